The van der Waals surface area contributed by atoms with Gasteiger partial charge < -0.3 is 14.7 Å². The van der Waals surface area contributed by atoms with Crippen molar-refractivity contribution in [1.82, 2.24) is 15.4 Å². The van der Waals surface area contributed by atoms with Crippen LogP contribution in [-0.4, -0.2) is 35.4 Å². The lowest BCUT2D eigenvalue weighted by atomic mass is 10.1. The number of amides is 1. The molecule has 1 aliphatic heterocycles. The predicted octanol–water partition coefficient (Wildman–Crippen LogP) is 2.01. The molecule has 6 nitrogen and oxygen atoms in total. The van der Waals surface area contributed by atoms with Crippen LogP contribution in [0.5, 0.6) is 0 Å². The number of aromatic nitrogens is 1. The van der Waals surface area contributed by atoms with Gasteiger partial charge in [-0.3, -0.25) is 10.2 Å². The molecule has 6 heteroatoms. The fraction of sp³-hybridized carbons (Fsp3) is 0.312. The minimum absolute atomic E-state index is 0.328. The van der Waals surface area contributed by atoms with Crippen LogP contribution in [0.1, 0.15) is 24.2 Å². The SMILES string of the molecule is N=C(c1ccc(-c2cc(CNC=O)on2)cc1)N1CCCC1. The van der Waals surface area contributed by atoms with E-state index in [-0.39, 0.29) is 0 Å². The van der Waals surface area contributed by atoms with E-state index in [1.807, 2.05) is 24.3 Å². The molecule has 0 unspecified atom stereocenters. The number of carbonyl (C=O) groups excluding carboxylic acids is 1. The number of nitrogens with zero attached hydrogens (tertiary/aromatic N) is 2. The molecule has 0 aliphatic carbocycles. The van der Waals surface area contributed by atoms with Gasteiger partial charge >= 0.3 is 0 Å². The first-order chi connectivity index (χ1) is 10.8. The van der Waals surface area contributed by atoms with Crippen molar-refractivity contribution in [3.8, 4) is 11.3 Å². The molecule has 3 rings (SSSR count). The summed E-state index contributed by atoms with van der Waals surface area (Å²) in [5.74, 6) is 1.19. The molecule has 22 heavy (non-hydrogen) atoms. The van der Waals surface area contributed by atoms with Gasteiger partial charge in [0.15, 0.2) is 5.76 Å². The number of likely N-dealkylation sites (tertiary alicyclic amines) is 1. The standard InChI is InChI=1S/C16H18N4O2/c17-16(20-7-1-2-8-20)13-5-3-12(4-6-13)15-9-14(22-19-15)10-18-11-21/h3-6,9,11,17H,1-2,7-8,10H2,(H,18,21). The average Bonchev–Trinajstić information content (AvgIpc) is 3.24. The Morgan fingerprint density at radius 3 is 2.73 bits per heavy atom. The van der Waals surface area contributed by atoms with Crippen LogP contribution in [-0.2, 0) is 11.3 Å². The second-order valence-electron chi connectivity index (χ2n) is 5.30. The molecule has 0 spiro atoms. The van der Waals surface area contributed by atoms with E-state index in [0.29, 0.717) is 24.6 Å². The highest BCUT2D eigenvalue weighted by Gasteiger charge is 2.16. The fourth-order valence-electron chi connectivity index (χ4n) is 2.60. The number of amidine groups is 1. The van der Waals surface area contributed by atoms with E-state index in [0.717, 1.165) is 42.8 Å². The monoisotopic (exact) mass is 298 g/mol. The summed E-state index contributed by atoms with van der Waals surface area (Å²) in [5.41, 5.74) is 2.57. The summed E-state index contributed by atoms with van der Waals surface area (Å²) < 4.78 is 5.16. The Labute approximate surface area is 128 Å². The first kappa shape index (κ1) is 14.3. The van der Waals surface area contributed by atoms with E-state index in [4.69, 9.17) is 9.93 Å². The number of benzene rings is 1. The quantitative estimate of drug-likeness (QED) is 0.502. The van der Waals surface area contributed by atoms with Crippen LogP contribution in [0.15, 0.2) is 34.9 Å². The summed E-state index contributed by atoms with van der Waals surface area (Å²) in [7, 11) is 0. The highest BCUT2D eigenvalue weighted by atomic mass is 16.5. The first-order valence-electron chi connectivity index (χ1n) is 7.35. The molecular weight excluding hydrogens is 280 g/mol. The zero-order valence-corrected chi connectivity index (χ0v) is 12.2. The van der Waals surface area contributed by atoms with Crippen LogP contribution < -0.4 is 5.32 Å². The van der Waals surface area contributed by atoms with Gasteiger partial charge in [0.05, 0.1) is 6.54 Å². The third kappa shape index (κ3) is 3.00. The van der Waals surface area contributed by atoms with E-state index in [1.165, 1.54) is 0 Å². The Kier molecular flexibility index (Phi) is 4.18. The second kappa shape index (κ2) is 6.43. The average molecular weight is 298 g/mol. The van der Waals surface area contributed by atoms with E-state index in [9.17, 15) is 4.79 Å². The van der Waals surface area contributed by atoms with E-state index in [1.54, 1.807) is 6.07 Å². The van der Waals surface area contributed by atoms with Crippen LogP contribution in [0.25, 0.3) is 11.3 Å². The molecule has 1 amide bonds. The van der Waals surface area contributed by atoms with Gasteiger partial charge in [0.1, 0.15) is 11.5 Å². The van der Waals surface area contributed by atoms with Crippen LogP contribution in [0, 0.1) is 5.41 Å². The van der Waals surface area contributed by atoms with Crippen LogP contribution in [0.3, 0.4) is 0 Å². The molecule has 0 radical (unpaired) electrons. The Balaban J connectivity index is 1.72. The van der Waals surface area contributed by atoms with Crippen molar-refractivity contribution in [1.29, 1.82) is 5.41 Å². The Morgan fingerprint density at radius 1 is 1.32 bits per heavy atom. The van der Waals surface area contributed by atoms with Crippen molar-refractivity contribution in [3.05, 3.63) is 41.7 Å². The summed E-state index contributed by atoms with van der Waals surface area (Å²) in [6.07, 6.45) is 2.95. The normalized spacial score (nSPS) is 14.1. The van der Waals surface area contributed by atoms with Gasteiger partial charge in [-0.15, -0.1) is 0 Å². The van der Waals surface area contributed by atoms with Gasteiger partial charge in [-0.25, -0.2) is 0 Å². The number of nitrogens with one attached hydrogen (secondary N) is 2. The molecule has 0 atom stereocenters. The van der Waals surface area contributed by atoms with Gasteiger partial charge in [-0.2, -0.15) is 0 Å². The van der Waals surface area contributed by atoms with Crippen molar-refractivity contribution in [2.24, 2.45) is 0 Å². The van der Waals surface area contributed by atoms with Gasteiger partial charge in [0.2, 0.25) is 6.41 Å². The number of hydrogen-bond donors (Lipinski definition) is 2. The summed E-state index contributed by atoms with van der Waals surface area (Å²) >= 11 is 0. The molecule has 1 aromatic heterocycles. The smallest absolute Gasteiger partial charge is 0.207 e. The van der Waals surface area contributed by atoms with Crippen LogP contribution in [0.2, 0.25) is 0 Å². The highest BCUT2D eigenvalue weighted by Crippen LogP contribution is 2.21. The molecule has 0 saturated carbocycles. The van der Waals surface area contributed by atoms with E-state index in [2.05, 4.69) is 15.4 Å². The Bertz CT molecular complexity index is 657. The molecule has 114 valence electrons. The second-order valence-corrected chi connectivity index (χ2v) is 5.30. The lowest BCUT2D eigenvalue weighted by Gasteiger charge is -2.18. The fourth-order valence-corrected chi connectivity index (χ4v) is 2.60. The third-order valence-electron chi connectivity index (χ3n) is 3.79. The highest BCUT2D eigenvalue weighted by molar-refractivity contribution is 5.96. The van der Waals surface area contributed by atoms with Crippen molar-refractivity contribution in [3.63, 3.8) is 0 Å². The lowest BCUT2D eigenvalue weighted by Crippen LogP contribution is -2.27. The van der Waals surface area contributed by atoms with Gasteiger partial charge in [0, 0.05) is 30.3 Å². The molecule has 1 aromatic carbocycles. The van der Waals surface area contributed by atoms with Crippen molar-refractivity contribution in [2.45, 2.75) is 19.4 Å². The van der Waals surface area contributed by atoms with Crippen molar-refractivity contribution < 1.29 is 9.32 Å². The minimum Gasteiger partial charge on any atom is -0.359 e. The van der Waals surface area contributed by atoms with Crippen LogP contribution >= 0.6 is 0 Å². The summed E-state index contributed by atoms with van der Waals surface area (Å²) in [6.45, 7) is 2.27. The maximum absolute atomic E-state index is 10.3. The molecule has 2 N–H and O–H groups in total. The maximum Gasteiger partial charge on any atom is 0.207 e. The van der Waals surface area contributed by atoms with E-state index < -0.39 is 0 Å². The molecule has 0 bridgehead atoms. The van der Waals surface area contributed by atoms with Gasteiger partial charge in [-0.1, -0.05) is 29.4 Å². The summed E-state index contributed by atoms with van der Waals surface area (Å²) in [6, 6.07) is 9.56. The molecule has 1 aliphatic rings. The molecule has 2 heterocycles. The third-order valence-corrected chi connectivity index (χ3v) is 3.79. The Morgan fingerprint density at radius 2 is 2.05 bits per heavy atom. The predicted molar refractivity (Wildman–Crippen MR) is 82.5 cm³/mol. The zero-order valence-electron chi connectivity index (χ0n) is 12.2. The maximum atomic E-state index is 10.3. The minimum atomic E-state index is 0.328. The Hall–Kier alpha value is -2.63. The summed E-state index contributed by atoms with van der Waals surface area (Å²) in [4.78, 5) is 12.4. The topological polar surface area (TPSA) is 82.2 Å². The van der Waals surface area contributed by atoms with Crippen molar-refractivity contribution in [2.75, 3.05) is 13.1 Å². The molecular formula is C16H18N4O2. The lowest BCUT2D eigenvalue weighted by molar-refractivity contribution is -0.109. The largest absolute Gasteiger partial charge is 0.359 e. The van der Waals surface area contributed by atoms with Crippen LogP contribution in [0.4, 0.5) is 0 Å². The van der Waals surface area contributed by atoms with E-state index >= 15 is 0 Å². The molecule has 1 fully saturated rings. The zero-order chi connectivity index (χ0) is 15.4. The van der Waals surface area contributed by atoms with Gasteiger partial charge in [0.25, 0.3) is 0 Å². The first-order valence-corrected chi connectivity index (χ1v) is 7.35. The van der Waals surface area contributed by atoms with Crippen molar-refractivity contribution >= 4 is 12.2 Å². The summed E-state index contributed by atoms with van der Waals surface area (Å²) in [5, 5.41) is 14.8. The number of rotatable bonds is 5. The van der Waals surface area contributed by atoms with Gasteiger partial charge in [-0.05, 0) is 12.8 Å². The number of carbonyl (C=O) groups is 1. The molecule has 2 aromatic rings. The number of hydrogen-bond acceptors (Lipinski definition) is 4. The molecule has 1 saturated heterocycles.